The molecule has 4 heterocycles. The zero-order valence-corrected chi connectivity index (χ0v) is 17.9. The average molecular weight is 423 g/mol. The lowest BCUT2D eigenvalue weighted by molar-refractivity contribution is 0.205. The van der Waals surface area contributed by atoms with Gasteiger partial charge in [0.2, 0.25) is 0 Å². The van der Waals surface area contributed by atoms with Crippen LogP contribution in [-0.2, 0) is 0 Å². The van der Waals surface area contributed by atoms with E-state index in [1.165, 1.54) is 12.8 Å². The monoisotopic (exact) mass is 422 g/mol. The first kappa shape index (κ1) is 19.5. The van der Waals surface area contributed by atoms with Crippen molar-refractivity contribution in [2.75, 3.05) is 55.6 Å². The molecule has 3 aromatic rings. The van der Waals surface area contributed by atoms with Gasteiger partial charge < -0.3 is 9.80 Å². The van der Waals surface area contributed by atoms with E-state index in [0.717, 1.165) is 68.4 Å². The minimum absolute atomic E-state index is 0.664. The Labute approximate surface area is 182 Å². The molecule has 0 spiro atoms. The van der Waals surface area contributed by atoms with E-state index in [4.69, 9.17) is 11.6 Å². The molecule has 30 heavy (non-hydrogen) atoms. The molecule has 0 amide bonds. The van der Waals surface area contributed by atoms with Gasteiger partial charge in [0.15, 0.2) is 0 Å². The third-order valence-electron chi connectivity index (χ3n) is 6.26. The molecule has 0 bridgehead atoms. The fraction of sp³-hybridized carbons (Fsp3) is 0.435. The molecule has 7 heteroatoms. The maximum absolute atomic E-state index is 6.15. The lowest BCUT2D eigenvalue weighted by atomic mass is 9.96. The maximum Gasteiger partial charge on any atom is 0.139 e. The highest BCUT2D eigenvalue weighted by molar-refractivity contribution is 6.31. The van der Waals surface area contributed by atoms with Crippen LogP contribution in [-0.4, -0.2) is 65.7 Å². The van der Waals surface area contributed by atoms with E-state index in [1.807, 2.05) is 30.5 Å². The highest BCUT2D eigenvalue weighted by atomic mass is 35.5. The Morgan fingerprint density at radius 1 is 0.933 bits per heavy atom. The van der Waals surface area contributed by atoms with E-state index in [1.54, 1.807) is 6.33 Å². The molecule has 0 aliphatic carbocycles. The summed E-state index contributed by atoms with van der Waals surface area (Å²) in [6, 6.07) is 12.0. The molecule has 2 saturated heterocycles. The van der Waals surface area contributed by atoms with Crippen molar-refractivity contribution in [1.29, 1.82) is 0 Å². The van der Waals surface area contributed by atoms with Gasteiger partial charge in [-0.1, -0.05) is 17.7 Å². The Hall–Kier alpha value is -2.44. The number of piperazine rings is 1. The number of nitrogens with zero attached hydrogens (tertiary/aromatic N) is 6. The second kappa shape index (κ2) is 8.74. The molecule has 0 N–H and O–H groups in total. The largest absolute Gasteiger partial charge is 0.356 e. The van der Waals surface area contributed by atoms with Crippen LogP contribution in [0, 0.1) is 5.92 Å². The van der Waals surface area contributed by atoms with E-state index in [9.17, 15) is 0 Å². The molecule has 0 saturated carbocycles. The third-order valence-corrected chi connectivity index (χ3v) is 6.49. The van der Waals surface area contributed by atoms with Crippen molar-refractivity contribution in [2.24, 2.45) is 5.92 Å². The molecule has 156 valence electrons. The number of anilines is 2. The van der Waals surface area contributed by atoms with E-state index < -0.39 is 0 Å². The second-order valence-electron chi connectivity index (χ2n) is 8.29. The molecule has 1 atom stereocenters. The van der Waals surface area contributed by atoms with Crippen LogP contribution in [0.1, 0.15) is 12.8 Å². The Morgan fingerprint density at radius 3 is 2.67 bits per heavy atom. The van der Waals surface area contributed by atoms with Gasteiger partial charge in [-0.25, -0.2) is 15.0 Å². The zero-order valence-electron chi connectivity index (χ0n) is 17.1. The molecule has 6 nitrogen and oxygen atoms in total. The summed E-state index contributed by atoms with van der Waals surface area (Å²) in [7, 11) is 0. The van der Waals surface area contributed by atoms with Crippen LogP contribution in [0.2, 0.25) is 5.02 Å². The first-order valence-corrected chi connectivity index (χ1v) is 11.2. The SMILES string of the molecule is Clc1ccc2c(N3CCCC(CN4CCN(c5ccccn5)CC4)C3)ncnc2c1. The number of piperidine rings is 1. The summed E-state index contributed by atoms with van der Waals surface area (Å²) in [5.74, 6) is 2.80. The normalized spacial score (nSPS) is 20.6. The number of pyridine rings is 1. The maximum atomic E-state index is 6.15. The van der Waals surface area contributed by atoms with Gasteiger partial charge in [0, 0.05) is 62.4 Å². The van der Waals surface area contributed by atoms with Crippen molar-refractivity contribution in [3.63, 3.8) is 0 Å². The van der Waals surface area contributed by atoms with Crippen LogP contribution in [0.15, 0.2) is 48.9 Å². The van der Waals surface area contributed by atoms with Gasteiger partial charge in [0.05, 0.1) is 5.52 Å². The molecule has 2 aliphatic heterocycles. The number of halogens is 1. The Kier molecular flexibility index (Phi) is 5.69. The first-order chi connectivity index (χ1) is 14.8. The van der Waals surface area contributed by atoms with E-state index in [2.05, 4.69) is 41.8 Å². The van der Waals surface area contributed by atoms with Crippen molar-refractivity contribution in [1.82, 2.24) is 19.9 Å². The number of benzene rings is 1. The van der Waals surface area contributed by atoms with Crippen molar-refractivity contribution in [3.05, 3.63) is 53.9 Å². The van der Waals surface area contributed by atoms with E-state index in [0.29, 0.717) is 10.9 Å². The fourth-order valence-electron chi connectivity index (χ4n) is 4.74. The minimum Gasteiger partial charge on any atom is -0.356 e. The van der Waals surface area contributed by atoms with Crippen molar-refractivity contribution >= 4 is 34.1 Å². The Balaban J connectivity index is 1.22. The summed E-state index contributed by atoms with van der Waals surface area (Å²) >= 11 is 6.15. The van der Waals surface area contributed by atoms with Crippen LogP contribution < -0.4 is 9.80 Å². The van der Waals surface area contributed by atoms with Crippen LogP contribution in [0.25, 0.3) is 10.9 Å². The topological polar surface area (TPSA) is 48.4 Å². The quantitative estimate of drug-likeness (QED) is 0.638. The number of rotatable bonds is 4. The summed E-state index contributed by atoms with van der Waals surface area (Å²) in [6.45, 7) is 7.55. The van der Waals surface area contributed by atoms with Crippen LogP contribution in [0.3, 0.4) is 0 Å². The lowest BCUT2D eigenvalue weighted by Crippen LogP contribution is -2.50. The predicted molar refractivity (Wildman–Crippen MR) is 122 cm³/mol. The number of hydrogen-bond donors (Lipinski definition) is 0. The Bertz CT molecular complexity index is 989. The first-order valence-electron chi connectivity index (χ1n) is 10.8. The number of hydrogen-bond acceptors (Lipinski definition) is 6. The molecule has 2 fully saturated rings. The zero-order chi connectivity index (χ0) is 20.3. The standard InChI is InChI=1S/C23H27ClN6/c24-19-6-7-20-21(14-19)26-17-27-23(20)30-9-3-4-18(16-30)15-28-10-12-29(13-11-28)22-5-1-2-8-25-22/h1-2,5-8,14,17-18H,3-4,9-13,15-16H2. The predicted octanol–water partition coefficient (Wildman–Crippen LogP) is 3.72. The molecule has 2 aliphatic rings. The third kappa shape index (κ3) is 4.20. The molecule has 5 rings (SSSR count). The molecule has 1 aromatic carbocycles. The summed E-state index contributed by atoms with van der Waals surface area (Å²) in [5, 5.41) is 1.81. The van der Waals surface area contributed by atoms with Crippen molar-refractivity contribution < 1.29 is 0 Å². The van der Waals surface area contributed by atoms with E-state index in [-0.39, 0.29) is 0 Å². The Morgan fingerprint density at radius 2 is 1.83 bits per heavy atom. The van der Waals surface area contributed by atoms with Crippen molar-refractivity contribution in [2.45, 2.75) is 12.8 Å². The summed E-state index contributed by atoms with van der Waals surface area (Å²) in [5.41, 5.74) is 0.917. The van der Waals surface area contributed by atoms with Gasteiger partial charge in [-0.15, -0.1) is 0 Å². The minimum atomic E-state index is 0.664. The van der Waals surface area contributed by atoms with Crippen LogP contribution in [0.5, 0.6) is 0 Å². The molecule has 2 aromatic heterocycles. The van der Waals surface area contributed by atoms with Gasteiger partial charge in [0.25, 0.3) is 0 Å². The van der Waals surface area contributed by atoms with Crippen molar-refractivity contribution in [3.8, 4) is 0 Å². The number of fused-ring (bicyclic) bond motifs is 1. The fourth-order valence-corrected chi connectivity index (χ4v) is 4.91. The summed E-state index contributed by atoms with van der Waals surface area (Å²) in [6.07, 6.45) is 6.03. The average Bonchev–Trinajstić information content (AvgIpc) is 2.80. The van der Waals surface area contributed by atoms with E-state index >= 15 is 0 Å². The molecule has 1 unspecified atom stereocenters. The number of aromatic nitrogens is 3. The molecule has 0 radical (unpaired) electrons. The van der Waals surface area contributed by atoms with Gasteiger partial charge in [0.1, 0.15) is 18.0 Å². The van der Waals surface area contributed by atoms with Gasteiger partial charge in [-0.3, -0.25) is 4.90 Å². The van der Waals surface area contributed by atoms with Crippen LogP contribution >= 0.6 is 11.6 Å². The lowest BCUT2D eigenvalue weighted by Gasteiger charge is -2.40. The highest BCUT2D eigenvalue weighted by Crippen LogP contribution is 2.29. The van der Waals surface area contributed by atoms with Crippen LogP contribution in [0.4, 0.5) is 11.6 Å². The van der Waals surface area contributed by atoms with Gasteiger partial charge in [-0.05, 0) is 49.1 Å². The highest BCUT2D eigenvalue weighted by Gasteiger charge is 2.26. The van der Waals surface area contributed by atoms with Gasteiger partial charge in [-0.2, -0.15) is 0 Å². The summed E-state index contributed by atoms with van der Waals surface area (Å²) < 4.78 is 0. The summed E-state index contributed by atoms with van der Waals surface area (Å²) in [4.78, 5) is 21.0. The smallest absolute Gasteiger partial charge is 0.139 e. The van der Waals surface area contributed by atoms with Gasteiger partial charge >= 0.3 is 0 Å². The molecular weight excluding hydrogens is 396 g/mol. The molecular formula is C23H27ClN6. The second-order valence-corrected chi connectivity index (χ2v) is 8.73.